The molecule has 26 heavy (non-hydrogen) atoms. The molecule has 0 radical (unpaired) electrons. The minimum atomic E-state index is -0.392. The average Bonchev–Trinajstić information content (AvgIpc) is 2.87. The third-order valence-corrected chi connectivity index (χ3v) is 5.70. The van der Waals surface area contributed by atoms with Crippen LogP contribution in [0.25, 0.3) is 11.1 Å². The first-order valence-corrected chi connectivity index (χ1v) is 9.65. The minimum absolute atomic E-state index is 0.179. The van der Waals surface area contributed by atoms with Gasteiger partial charge in [0.25, 0.3) is 0 Å². The molecular weight excluding hydrogens is 326 g/mol. The Balaban J connectivity index is 2.16. The molecule has 0 N–H and O–H groups in total. The molecule has 0 heterocycles. The largest absolute Gasteiger partial charge is 0.207 e. The summed E-state index contributed by atoms with van der Waals surface area (Å²) in [6.45, 7) is 11.3. The molecule has 0 unspecified atom stereocenters. The van der Waals surface area contributed by atoms with Crippen LogP contribution in [0.5, 0.6) is 0 Å². The Morgan fingerprint density at radius 2 is 1.73 bits per heavy atom. The second kappa shape index (κ2) is 6.79. The first-order chi connectivity index (χ1) is 12.1. The summed E-state index contributed by atoms with van der Waals surface area (Å²) in [6.07, 6.45) is 4.44. The van der Waals surface area contributed by atoms with Crippen molar-refractivity contribution in [1.29, 1.82) is 0 Å². The SMILES string of the molecule is CC(C)(C)Cc1ccc(-c2cc(F)ccc2F)c([C@@H]2CCCC2(C)C)c1. The van der Waals surface area contributed by atoms with E-state index in [4.69, 9.17) is 0 Å². The van der Waals surface area contributed by atoms with Gasteiger partial charge in [-0.3, -0.25) is 0 Å². The standard InChI is InChI=1S/C24H30F2/c1-23(2,3)15-16-8-10-18(20-14-17(25)9-11-22(20)26)19(13-16)21-7-6-12-24(21,4)5/h8-11,13-14,21H,6-7,12,15H2,1-5H3/t21-/m0/s1. The Bertz CT molecular complexity index is 796. The molecule has 1 aliphatic carbocycles. The van der Waals surface area contributed by atoms with Crippen LogP contribution in [0.2, 0.25) is 0 Å². The van der Waals surface area contributed by atoms with Crippen LogP contribution in [0.3, 0.4) is 0 Å². The minimum Gasteiger partial charge on any atom is -0.207 e. The number of benzene rings is 2. The summed E-state index contributed by atoms with van der Waals surface area (Å²) in [4.78, 5) is 0. The lowest BCUT2D eigenvalue weighted by Gasteiger charge is -2.30. The van der Waals surface area contributed by atoms with E-state index in [-0.39, 0.29) is 16.6 Å². The molecule has 1 aliphatic rings. The molecule has 0 amide bonds. The van der Waals surface area contributed by atoms with Crippen molar-refractivity contribution in [2.24, 2.45) is 10.8 Å². The highest BCUT2D eigenvalue weighted by atomic mass is 19.1. The number of hydrogen-bond donors (Lipinski definition) is 0. The maximum absolute atomic E-state index is 14.5. The molecule has 140 valence electrons. The summed E-state index contributed by atoms with van der Waals surface area (Å²) < 4.78 is 28.3. The van der Waals surface area contributed by atoms with Gasteiger partial charge >= 0.3 is 0 Å². The number of rotatable bonds is 3. The van der Waals surface area contributed by atoms with Crippen molar-refractivity contribution in [3.05, 3.63) is 59.2 Å². The van der Waals surface area contributed by atoms with Gasteiger partial charge in [0, 0.05) is 5.56 Å². The highest BCUT2D eigenvalue weighted by Gasteiger charge is 2.37. The summed E-state index contributed by atoms with van der Waals surface area (Å²) in [5.74, 6) is -0.371. The predicted molar refractivity (Wildman–Crippen MR) is 105 cm³/mol. The fourth-order valence-electron chi connectivity index (χ4n) is 4.48. The lowest BCUT2D eigenvalue weighted by molar-refractivity contribution is 0.332. The van der Waals surface area contributed by atoms with Crippen LogP contribution in [0.1, 0.15) is 70.9 Å². The van der Waals surface area contributed by atoms with Gasteiger partial charge in [-0.1, -0.05) is 59.2 Å². The van der Waals surface area contributed by atoms with E-state index in [1.54, 1.807) is 0 Å². The van der Waals surface area contributed by atoms with Crippen LogP contribution in [0.15, 0.2) is 36.4 Å². The third-order valence-electron chi connectivity index (χ3n) is 5.70. The van der Waals surface area contributed by atoms with E-state index < -0.39 is 5.82 Å². The maximum Gasteiger partial charge on any atom is 0.131 e. The van der Waals surface area contributed by atoms with Gasteiger partial charge in [-0.05, 0) is 70.9 Å². The van der Waals surface area contributed by atoms with Crippen LogP contribution < -0.4 is 0 Å². The van der Waals surface area contributed by atoms with Crippen molar-refractivity contribution in [3.8, 4) is 11.1 Å². The highest BCUT2D eigenvalue weighted by Crippen LogP contribution is 2.51. The maximum atomic E-state index is 14.5. The average molecular weight is 357 g/mol. The molecular formula is C24H30F2. The van der Waals surface area contributed by atoms with Gasteiger partial charge in [0.2, 0.25) is 0 Å². The molecule has 2 aromatic carbocycles. The van der Waals surface area contributed by atoms with E-state index in [0.717, 1.165) is 18.4 Å². The molecule has 2 aromatic rings. The van der Waals surface area contributed by atoms with Crippen molar-refractivity contribution in [2.45, 2.75) is 66.2 Å². The van der Waals surface area contributed by atoms with E-state index in [0.29, 0.717) is 11.5 Å². The van der Waals surface area contributed by atoms with Gasteiger partial charge in [-0.25, -0.2) is 8.78 Å². The molecule has 0 aliphatic heterocycles. The van der Waals surface area contributed by atoms with Gasteiger partial charge in [0.15, 0.2) is 0 Å². The number of halogens is 2. The van der Waals surface area contributed by atoms with Gasteiger partial charge in [-0.2, -0.15) is 0 Å². The van der Waals surface area contributed by atoms with E-state index in [1.807, 2.05) is 6.07 Å². The smallest absolute Gasteiger partial charge is 0.131 e. The molecule has 1 saturated carbocycles. The van der Waals surface area contributed by atoms with Crippen LogP contribution in [-0.2, 0) is 6.42 Å². The molecule has 0 saturated heterocycles. The van der Waals surface area contributed by atoms with Crippen molar-refractivity contribution >= 4 is 0 Å². The van der Waals surface area contributed by atoms with E-state index in [9.17, 15) is 8.78 Å². The van der Waals surface area contributed by atoms with E-state index in [1.165, 1.54) is 42.2 Å². The normalized spacial score (nSPS) is 19.7. The van der Waals surface area contributed by atoms with Crippen molar-refractivity contribution in [3.63, 3.8) is 0 Å². The van der Waals surface area contributed by atoms with E-state index in [2.05, 4.69) is 46.8 Å². The first-order valence-electron chi connectivity index (χ1n) is 9.65. The zero-order valence-corrected chi connectivity index (χ0v) is 16.6. The quantitative estimate of drug-likeness (QED) is 0.533. The summed E-state index contributed by atoms with van der Waals surface area (Å²) >= 11 is 0. The van der Waals surface area contributed by atoms with Gasteiger partial charge in [0.1, 0.15) is 11.6 Å². The summed E-state index contributed by atoms with van der Waals surface area (Å²) in [5.41, 5.74) is 4.05. The molecule has 1 atom stereocenters. The second-order valence-corrected chi connectivity index (χ2v) is 9.72. The lowest BCUT2D eigenvalue weighted by Crippen LogP contribution is -2.17. The van der Waals surface area contributed by atoms with Crippen LogP contribution in [0.4, 0.5) is 8.78 Å². The van der Waals surface area contributed by atoms with Crippen LogP contribution >= 0.6 is 0 Å². The fourth-order valence-corrected chi connectivity index (χ4v) is 4.48. The zero-order chi connectivity index (χ0) is 19.1. The summed E-state index contributed by atoms with van der Waals surface area (Å²) in [5, 5.41) is 0. The highest BCUT2D eigenvalue weighted by molar-refractivity contribution is 5.69. The van der Waals surface area contributed by atoms with Crippen molar-refractivity contribution < 1.29 is 8.78 Å². The van der Waals surface area contributed by atoms with Crippen molar-refractivity contribution in [2.75, 3.05) is 0 Å². The molecule has 2 heteroatoms. The Morgan fingerprint density at radius 3 is 2.35 bits per heavy atom. The Hall–Kier alpha value is -1.70. The molecule has 0 bridgehead atoms. The van der Waals surface area contributed by atoms with Crippen molar-refractivity contribution in [1.82, 2.24) is 0 Å². The van der Waals surface area contributed by atoms with Crippen LogP contribution in [-0.4, -0.2) is 0 Å². The first kappa shape index (κ1) is 19.1. The zero-order valence-electron chi connectivity index (χ0n) is 16.6. The topological polar surface area (TPSA) is 0 Å². The third kappa shape index (κ3) is 4.00. The van der Waals surface area contributed by atoms with Crippen LogP contribution in [0, 0.1) is 22.5 Å². The van der Waals surface area contributed by atoms with Gasteiger partial charge < -0.3 is 0 Å². The lowest BCUT2D eigenvalue weighted by atomic mass is 9.74. The monoisotopic (exact) mass is 356 g/mol. The predicted octanol–water partition coefficient (Wildman–Crippen LogP) is 7.51. The summed E-state index contributed by atoms with van der Waals surface area (Å²) in [7, 11) is 0. The van der Waals surface area contributed by atoms with Gasteiger partial charge in [0.05, 0.1) is 0 Å². The Kier molecular flexibility index (Phi) is 4.98. The molecule has 0 spiro atoms. The van der Waals surface area contributed by atoms with Gasteiger partial charge in [-0.15, -0.1) is 0 Å². The molecule has 0 nitrogen and oxygen atoms in total. The second-order valence-electron chi connectivity index (χ2n) is 9.72. The Morgan fingerprint density at radius 1 is 1.00 bits per heavy atom. The number of hydrogen-bond acceptors (Lipinski definition) is 0. The van der Waals surface area contributed by atoms with E-state index >= 15 is 0 Å². The summed E-state index contributed by atoms with van der Waals surface area (Å²) in [6, 6.07) is 10.1. The molecule has 3 rings (SSSR count). The molecule has 1 fully saturated rings. The molecule has 0 aromatic heterocycles. The Labute approximate surface area is 156 Å². The fraction of sp³-hybridized carbons (Fsp3) is 0.500.